The molecule has 0 spiro atoms. The Morgan fingerprint density at radius 3 is 3.00 bits per heavy atom. The first kappa shape index (κ1) is 9.21. The number of carbonyl (C=O) groups is 1. The molecular weight excluding hydrogens is 226 g/mol. The fraction of sp³-hybridized carbons (Fsp3) is 0.333. The second-order valence-corrected chi connectivity index (χ2v) is 3.18. The highest BCUT2D eigenvalue weighted by atomic mass is 79.9. The maximum Gasteiger partial charge on any atom is 0.320 e. The zero-order valence-electron chi connectivity index (χ0n) is 6.14. The summed E-state index contributed by atoms with van der Waals surface area (Å²) >= 11 is 3.13. The molecule has 0 aliphatic rings. The Morgan fingerprint density at radius 2 is 2.58 bits per heavy atom. The number of rotatable bonds is 3. The van der Waals surface area contributed by atoms with Crippen LogP contribution in [0.4, 0.5) is 0 Å². The van der Waals surface area contributed by atoms with E-state index in [0.717, 1.165) is 0 Å². The maximum absolute atomic E-state index is 10.3. The molecule has 0 aliphatic heterocycles. The third-order valence-electron chi connectivity index (χ3n) is 1.35. The fourth-order valence-electron chi connectivity index (χ4n) is 0.756. The van der Waals surface area contributed by atoms with Crippen molar-refractivity contribution in [2.24, 2.45) is 5.73 Å². The van der Waals surface area contributed by atoms with Crippen LogP contribution in [0.1, 0.15) is 5.69 Å². The van der Waals surface area contributed by atoms with Gasteiger partial charge in [-0.05, 0) is 0 Å². The van der Waals surface area contributed by atoms with E-state index in [4.69, 9.17) is 10.8 Å². The number of nitrogens with zero attached hydrogens (tertiary/aromatic N) is 2. The Hall–Kier alpha value is -0.880. The van der Waals surface area contributed by atoms with Crippen molar-refractivity contribution in [1.29, 1.82) is 0 Å². The van der Waals surface area contributed by atoms with Gasteiger partial charge in [-0.15, -0.1) is 0 Å². The lowest BCUT2D eigenvalue weighted by atomic mass is 10.2. The molecular formula is C6H8BrN3O2. The molecule has 1 heterocycles. The van der Waals surface area contributed by atoms with Gasteiger partial charge in [-0.2, -0.15) is 0 Å². The van der Waals surface area contributed by atoms with E-state index in [1.54, 1.807) is 9.79 Å². The van der Waals surface area contributed by atoms with Gasteiger partial charge in [0.15, 0.2) is 0 Å². The van der Waals surface area contributed by atoms with Crippen molar-refractivity contribution in [1.82, 2.24) is 8.58 Å². The van der Waals surface area contributed by atoms with Gasteiger partial charge in [0.05, 0.1) is 21.8 Å². The number of hydrogen-bond donors (Lipinski definition) is 2. The van der Waals surface area contributed by atoms with Crippen LogP contribution in [0.25, 0.3) is 0 Å². The second-order valence-electron chi connectivity index (χ2n) is 2.36. The van der Waals surface area contributed by atoms with Gasteiger partial charge in [0.25, 0.3) is 0 Å². The molecule has 66 valence electrons. The molecule has 1 atom stereocenters. The number of imidazole rings is 1. The Kier molecular flexibility index (Phi) is 2.83. The smallest absolute Gasteiger partial charge is 0.320 e. The van der Waals surface area contributed by atoms with Crippen molar-refractivity contribution in [2.45, 2.75) is 12.5 Å². The number of hydrogen-bond acceptors (Lipinski definition) is 3. The minimum absolute atomic E-state index is 0.244. The highest BCUT2D eigenvalue weighted by Gasteiger charge is 2.13. The van der Waals surface area contributed by atoms with Crippen LogP contribution in [0, 0.1) is 0 Å². The highest BCUT2D eigenvalue weighted by molar-refractivity contribution is 9.08. The number of aromatic nitrogens is 2. The molecule has 0 saturated carbocycles. The molecule has 0 saturated heterocycles. The van der Waals surface area contributed by atoms with E-state index in [1.165, 1.54) is 6.33 Å². The van der Waals surface area contributed by atoms with Gasteiger partial charge < -0.3 is 10.8 Å². The third kappa shape index (κ3) is 2.31. The Labute approximate surface area is 77.5 Å². The van der Waals surface area contributed by atoms with Crippen LogP contribution in [0.5, 0.6) is 0 Å². The summed E-state index contributed by atoms with van der Waals surface area (Å²) in [6.45, 7) is 0. The average Bonchev–Trinajstić information content (AvgIpc) is 2.35. The minimum atomic E-state index is -1.01. The van der Waals surface area contributed by atoms with Crippen LogP contribution in [-0.4, -0.2) is 25.7 Å². The molecule has 0 aliphatic carbocycles. The molecule has 1 aromatic rings. The topological polar surface area (TPSA) is 81.1 Å². The molecule has 0 fully saturated rings. The summed E-state index contributed by atoms with van der Waals surface area (Å²) in [5, 5.41) is 8.48. The lowest BCUT2D eigenvalue weighted by molar-refractivity contribution is -0.138. The molecule has 3 N–H and O–H groups in total. The molecule has 0 unspecified atom stereocenters. The van der Waals surface area contributed by atoms with E-state index in [1.807, 2.05) is 0 Å². The number of carboxylic acid groups (broad SMARTS) is 1. The van der Waals surface area contributed by atoms with Crippen molar-refractivity contribution in [3.8, 4) is 0 Å². The standard InChI is InChI=1S/C6H8BrN3O2/c7-10-2-4(9-3-10)1-5(8)6(11)12/h2-3,5H,1,8H2,(H,11,12)/t5-/m0/s1. The van der Waals surface area contributed by atoms with Crippen LogP contribution in [0.2, 0.25) is 0 Å². The van der Waals surface area contributed by atoms with Crippen LogP contribution >= 0.6 is 16.1 Å². The van der Waals surface area contributed by atoms with Crippen LogP contribution < -0.4 is 5.73 Å². The van der Waals surface area contributed by atoms with Crippen molar-refractivity contribution in [3.05, 3.63) is 18.2 Å². The van der Waals surface area contributed by atoms with Gasteiger partial charge in [-0.3, -0.25) is 8.39 Å². The van der Waals surface area contributed by atoms with Crippen LogP contribution in [0.15, 0.2) is 12.5 Å². The number of nitrogens with two attached hydrogens (primary N) is 1. The maximum atomic E-state index is 10.3. The normalized spacial score (nSPS) is 12.8. The first-order valence-corrected chi connectivity index (χ1v) is 3.98. The van der Waals surface area contributed by atoms with Crippen molar-refractivity contribution >= 4 is 22.1 Å². The summed E-state index contributed by atoms with van der Waals surface area (Å²) in [5.74, 6) is -1.01. The van der Waals surface area contributed by atoms with E-state index >= 15 is 0 Å². The summed E-state index contributed by atoms with van der Waals surface area (Å²) in [6.07, 6.45) is 3.45. The summed E-state index contributed by atoms with van der Waals surface area (Å²) < 4.78 is 1.57. The monoisotopic (exact) mass is 233 g/mol. The summed E-state index contributed by atoms with van der Waals surface area (Å²) in [7, 11) is 0. The van der Waals surface area contributed by atoms with E-state index < -0.39 is 12.0 Å². The van der Waals surface area contributed by atoms with Gasteiger partial charge in [0.1, 0.15) is 12.4 Å². The van der Waals surface area contributed by atoms with Crippen LogP contribution in [-0.2, 0) is 11.2 Å². The van der Waals surface area contributed by atoms with Crippen molar-refractivity contribution in [2.75, 3.05) is 0 Å². The van der Waals surface area contributed by atoms with E-state index in [2.05, 4.69) is 21.1 Å². The summed E-state index contributed by atoms with van der Waals surface area (Å²) in [6, 6.07) is -0.882. The largest absolute Gasteiger partial charge is 0.480 e. The summed E-state index contributed by atoms with van der Waals surface area (Å²) in [5.41, 5.74) is 5.95. The molecule has 0 amide bonds. The van der Waals surface area contributed by atoms with E-state index in [-0.39, 0.29) is 6.42 Å². The molecule has 5 nitrogen and oxygen atoms in total. The molecule has 0 aromatic carbocycles. The highest BCUT2D eigenvalue weighted by Crippen LogP contribution is 2.01. The molecule has 0 radical (unpaired) electrons. The van der Waals surface area contributed by atoms with Gasteiger partial charge in [-0.25, -0.2) is 4.98 Å². The van der Waals surface area contributed by atoms with Crippen molar-refractivity contribution in [3.63, 3.8) is 0 Å². The minimum Gasteiger partial charge on any atom is -0.480 e. The predicted molar refractivity (Wildman–Crippen MR) is 45.9 cm³/mol. The quantitative estimate of drug-likeness (QED) is 0.770. The lowest BCUT2D eigenvalue weighted by Crippen LogP contribution is -2.32. The zero-order valence-corrected chi connectivity index (χ0v) is 7.73. The van der Waals surface area contributed by atoms with Crippen molar-refractivity contribution < 1.29 is 9.90 Å². The molecule has 1 aromatic heterocycles. The second kappa shape index (κ2) is 3.68. The zero-order chi connectivity index (χ0) is 9.14. The summed E-state index contributed by atoms with van der Waals surface area (Å²) in [4.78, 5) is 14.3. The molecule has 12 heavy (non-hydrogen) atoms. The Balaban J connectivity index is 2.58. The van der Waals surface area contributed by atoms with Gasteiger partial charge in [0, 0.05) is 12.6 Å². The average molecular weight is 234 g/mol. The number of carboxylic acids is 1. The Bertz CT molecular complexity index is 286. The van der Waals surface area contributed by atoms with Gasteiger partial charge in [0.2, 0.25) is 0 Å². The lowest BCUT2D eigenvalue weighted by Gasteiger charge is -2.01. The predicted octanol–water partition coefficient (Wildman–Crippen LogP) is -0.00450. The third-order valence-corrected chi connectivity index (χ3v) is 1.74. The Morgan fingerprint density at radius 1 is 1.92 bits per heavy atom. The van der Waals surface area contributed by atoms with E-state index in [9.17, 15) is 4.79 Å². The first-order chi connectivity index (χ1) is 5.59. The SMILES string of the molecule is N[C@@H](Cc1cn(Br)cn1)C(=O)O. The first-order valence-electron chi connectivity index (χ1n) is 3.27. The molecule has 0 bridgehead atoms. The van der Waals surface area contributed by atoms with E-state index in [0.29, 0.717) is 5.69 Å². The molecule has 1 rings (SSSR count). The fourth-order valence-corrected chi connectivity index (χ4v) is 1.08. The number of halogens is 1. The number of aliphatic carboxylic acids is 1. The van der Waals surface area contributed by atoms with Gasteiger partial charge >= 0.3 is 5.97 Å². The molecule has 6 heteroatoms. The van der Waals surface area contributed by atoms with Crippen LogP contribution in [0.3, 0.4) is 0 Å². The van der Waals surface area contributed by atoms with Gasteiger partial charge in [-0.1, -0.05) is 0 Å².